The highest BCUT2D eigenvalue weighted by Crippen LogP contribution is 2.32. The summed E-state index contributed by atoms with van der Waals surface area (Å²) in [5.41, 5.74) is 3.47. The van der Waals surface area contributed by atoms with Crippen LogP contribution >= 0.6 is 23.2 Å². The molecule has 2 fully saturated rings. The summed E-state index contributed by atoms with van der Waals surface area (Å²) in [6.45, 7) is 7.70. The lowest BCUT2D eigenvalue weighted by Crippen LogP contribution is -2.47. The molecule has 2 aliphatic rings. The van der Waals surface area contributed by atoms with Crippen molar-refractivity contribution in [3.8, 4) is 0 Å². The van der Waals surface area contributed by atoms with E-state index in [1.807, 2.05) is 24.3 Å². The van der Waals surface area contributed by atoms with Crippen molar-refractivity contribution in [2.75, 3.05) is 57.4 Å². The van der Waals surface area contributed by atoms with Crippen LogP contribution in [0.5, 0.6) is 0 Å². The second-order valence-corrected chi connectivity index (χ2v) is 10.8. The first-order chi connectivity index (χ1) is 18.6. The lowest BCUT2D eigenvalue weighted by atomic mass is 9.96. The summed E-state index contributed by atoms with van der Waals surface area (Å²) in [4.78, 5) is 17.3. The number of ether oxygens (including phenoxy) is 1. The Balaban J connectivity index is 1.20. The van der Waals surface area contributed by atoms with E-state index in [0.717, 1.165) is 91.6 Å². The first-order valence-corrected chi connectivity index (χ1v) is 14.0. The molecule has 8 heteroatoms. The molecule has 3 heterocycles. The molecule has 6 nitrogen and oxygen atoms in total. The maximum Gasteiger partial charge on any atom is 0.145 e. The minimum absolute atomic E-state index is 0.150. The largest absolute Gasteiger partial charge is 0.378 e. The van der Waals surface area contributed by atoms with Crippen LogP contribution in [-0.4, -0.2) is 72.3 Å². The molecule has 2 saturated heterocycles. The molecule has 0 unspecified atom stereocenters. The minimum Gasteiger partial charge on any atom is -0.378 e. The molecule has 0 amide bonds. The Morgan fingerprint density at radius 1 is 0.711 bits per heavy atom. The Hall–Kier alpha value is -2.74. The van der Waals surface area contributed by atoms with Gasteiger partial charge in [-0.25, -0.2) is 9.97 Å². The van der Waals surface area contributed by atoms with Gasteiger partial charge in [-0.3, -0.25) is 9.80 Å². The summed E-state index contributed by atoms with van der Waals surface area (Å²) in [6, 6.07) is 24.9. The number of hydrogen-bond donors (Lipinski definition) is 0. The van der Waals surface area contributed by atoms with E-state index in [0.29, 0.717) is 0 Å². The highest BCUT2D eigenvalue weighted by molar-refractivity contribution is 6.30. The molecule has 0 atom stereocenters. The maximum atomic E-state index is 6.20. The topological polar surface area (TPSA) is 44.7 Å². The number of hydrogen-bond acceptors (Lipinski definition) is 6. The second-order valence-electron chi connectivity index (χ2n) is 9.90. The zero-order valence-electron chi connectivity index (χ0n) is 21.3. The summed E-state index contributed by atoms with van der Waals surface area (Å²) < 4.78 is 5.58. The average Bonchev–Trinajstić information content (AvgIpc) is 2.96. The van der Waals surface area contributed by atoms with E-state index in [1.165, 1.54) is 11.1 Å². The van der Waals surface area contributed by atoms with E-state index >= 15 is 0 Å². The van der Waals surface area contributed by atoms with Crippen molar-refractivity contribution in [1.82, 2.24) is 19.8 Å². The Morgan fingerprint density at radius 2 is 1.32 bits per heavy atom. The predicted octanol–water partition coefficient (Wildman–Crippen LogP) is 5.68. The van der Waals surface area contributed by atoms with E-state index in [1.54, 1.807) is 0 Å². The van der Waals surface area contributed by atoms with Crippen LogP contribution in [0.25, 0.3) is 10.9 Å². The molecule has 0 spiro atoms. The van der Waals surface area contributed by atoms with Crippen LogP contribution in [0.15, 0.2) is 72.8 Å². The SMILES string of the molecule is Clc1ccc(C(c2ccc(Cl)cc2)N2CCN(Cc3nc(N4CCOCC4)c4ccccc4n3)CC2)cc1. The Bertz CT molecular complexity index is 1320. The van der Waals surface area contributed by atoms with Gasteiger partial charge in [-0.15, -0.1) is 0 Å². The lowest BCUT2D eigenvalue weighted by Gasteiger charge is -2.39. The van der Waals surface area contributed by atoms with E-state index < -0.39 is 0 Å². The van der Waals surface area contributed by atoms with Crippen LogP contribution in [0.1, 0.15) is 23.0 Å². The molecule has 196 valence electrons. The normalized spacial score (nSPS) is 17.4. The quantitative estimate of drug-likeness (QED) is 0.309. The first kappa shape index (κ1) is 25.5. The summed E-state index contributed by atoms with van der Waals surface area (Å²) in [6.07, 6.45) is 0. The van der Waals surface area contributed by atoms with Crippen LogP contribution in [0.4, 0.5) is 5.82 Å². The van der Waals surface area contributed by atoms with Crippen molar-refractivity contribution in [3.05, 3.63) is 99.8 Å². The predicted molar refractivity (Wildman–Crippen MR) is 154 cm³/mol. The zero-order valence-corrected chi connectivity index (χ0v) is 22.8. The van der Waals surface area contributed by atoms with E-state index in [9.17, 15) is 0 Å². The molecular formula is C30H31Cl2N5O. The summed E-state index contributed by atoms with van der Waals surface area (Å²) >= 11 is 12.4. The van der Waals surface area contributed by atoms with Crippen LogP contribution in [-0.2, 0) is 11.3 Å². The van der Waals surface area contributed by atoms with E-state index in [4.69, 9.17) is 37.9 Å². The molecule has 0 aliphatic carbocycles. The van der Waals surface area contributed by atoms with Crippen LogP contribution < -0.4 is 4.90 Å². The second kappa shape index (κ2) is 11.6. The standard InChI is InChI=1S/C30H31Cl2N5O/c31-24-9-5-22(6-10-24)29(23-7-11-25(32)12-8-23)36-15-13-35(14-16-36)21-28-33-27-4-2-1-3-26(27)30(34-28)37-17-19-38-20-18-37/h1-12,29H,13-21H2. The van der Waals surface area contributed by atoms with Gasteiger partial charge < -0.3 is 9.64 Å². The van der Waals surface area contributed by atoms with Gasteiger partial charge in [-0.1, -0.05) is 59.6 Å². The van der Waals surface area contributed by atoms with E-state index in [-0.39, 0.29) is 6.04 Å². The molecule has 0 N–H and O–H groups in total. The molecular weight excluding hydrogens is 517 g/mol. The summed E-state index contributed by atoms with van der Waals surface area (Å²) in [5, 5.41) is 2.61. The third kappa shape index (κ3) is 5.65. The number of rotatable bonds is 6. The van der Waals surface area contributed by atoms with Crippen molar-refractivity contribution < 1.29 is 4.74 Å². The number of aromatic nitrogens is 2. The highest BCUT2D eigenvalue weighted by Gasteiger charge is 2.27. The monoisotopic (exact) mass is 547 g/mol. The molecule has 6 rings (SSSR count). The molecule has 0 bridgehead atoms. The third-order valence-corrected chi connectivity index (χ3v) is 7.95. The van der Waals surface area contributed by atoms with Crippen molar-refractivity contribution in [1.29, 1.82) is 0 Å². The number of halogens is 2. The summed E-state index contributed by atoms with van der Waals surface area (Å²) in [5.74, 6) is 1.91. The van der Waals surface area contributed by atoms with Gasteiger partial charge in [0, 0.05) is 54.7 Å². The minimum atomic E-state index is 0.150. The van der Waals surface area contributed by atoms with Gasteiger partial charge in [0.25, 0.3) is 0 Å². The molecule has 0 saturated carbocycles. The fourth-order valence-corrected chi connectivity index (χ4v) is 5.73. The Labute approximate surface area is 233 Å². The smallest absolute Gasteiger partial charge is 0.145 e. The van der Waals surface area contributed by atoms with Gasteiger partial charge >= 0.3 is 0 Å². The van der Waals surface area contributed by atoms with Crippen molar-refractivity contribution in [3.63, 3.8) is 0 Å². The molecule has 2 aliphatic heterocycles. The molecule has 38 heavy (non-hydrogen) atoms. The van der Waals surface area contributed by atoms with Gasteiger partial charge in [0.2, 0.25) is 0 Å². The fraction of sp³-hybridized carbons (Fsp3) is 0.333. The van der Waals surface area contributed by atoms with Crippen molar-refractivity contribution >= 4 is 39.9 Å². The average molecular weight is 549 g/mol. The molecule has 0 radical (unpaired) electrons. The van der Waals surface area contributed by atoms with Gasteiger partial charge in [0.05, 0.1) is 31.3 Å². The molecule has 4 aromatic rings. The number of morpholine rings is 1. The van der Waals surface area contributed by atoms with Crippen molar-refractivity contribution in [2.24, 2.45) is 0 Å². The fourth-order valence-electron chi connectivity index (χ4n) is 5.48. The number of nitrogens with zero attached hydrogens (tertiary/aromatic N) is 5. The number of anilines is 1. The lowest BCUT2D eigenvalue weighted by molar-refractivity contribution is 0.103. The zero-order chi connectivity index (χ0) is 25.9. The molecule has 1 aromatic heterocycles. The Morgan fingerprint density at radius 3 is 1.95 bits per heavy atom. The number of para-hydroxylation sites is 1. The number of piperazine rings is 1. The maximum absolute atomic E-state index is 6.20. The van der Waals surface area contributed by atoms with Crippen LogP contribution in [0.3, 0.4) is 0 Å². The number of fused-ring (bicyclic) bond motifs is 1. The highest BCUT2D eigenvalue weighted by atomic mass is 35.5. The van der Waals surface area contributed by atoms with Gasteiger partial charge in [0.1, 0.15) is 11.6 Å². The third-order valence-electron chi connectivity index (χ3n) is 7.45. The number of benzene rings is 3. The van der Waals surface area contributed by atoms with Crippen molar-refractivity contribution in [2.45, 2.75) is 12.6 Å². The van der Waals surface area contributed by atoms with E-state index in [2.05, 4.69) is 63.2 Å². The van der Waals surface area contributed by atoms with Crippen LogP contribution in [0, 0.1) is 0 Å². The van der Waals surface area contributed by atoms with Gasteiger partial charge in [-0.05, 0) is 47.5 Å². The van der Waals surface area contributed by atoms with Gasteiger partial charge in [0.15, 0.2) is 0 Å². The molecule has 3 aromatic carbocycles. The first-order valence-electron chi connectivity index (χ1n) is 13.2. The summed E-state index contributed by atoms with van der Waals surface area (Å²) in [7, 11) is 0. The Kier molecular flexibility index (Phi) is 7.77. The van der Waals surface area contributed by atoms with Gasteiger partial charge in [-0.2, -0.15) is 0 Å². The van der Waals surface area contributed by atoms with Crippen LogP contribution in [0.2, 0.25) is 10.0 Å².